The summed E-state index contributed by atoms with van der Waals surface area (Å²) in [5.41, 5.74) is 1.43. The Hall–Kier alpha value is -2.18. The Bertz CT molecular complexity index is 539. The number of hydrogen-bond acceptors (Lipinski definition) is 4. The van der Waals surface area contributed by atoms with Crippen LogP contribution in [0.2, 0.25) is 0 Å². The molecule has 1 saturated heterocycles. The summed E-state index contributed by atoms with van der Waals surface area (Å²) in [5.74, 6) is -1.09. The molecule has 21 heavy (non-hydrogen) atoms. The second kappa shape index (κ2) is 7.01. The van der Waals surface area contributed by atoms with E-state index in [-0.39, 0.29) is 18.1 Å². The molecule has 1 aromatic carbocycles. The van der Waals surface area contributed by atoms with Gasteiger partial charge in [-0.3, -0.25) is 4.79 Å². The van der Waals surface area contributed by atoms with Crippen LogP contribution in [0, 0.1) is 0 Å². The van der Waals surface area contributed by atoms with Crippen LogP contribution in [0.5, 0.6) is 0 Å². The molecule has 0 radical (unpaired) electrons. The van der Waals surface area contributed by atoms with Crippen LogP contribution >= 0.6 is 0 Å². The lowest BCUT2D eigenvalue weighted by molar-refractivity contribution is -0.131. The minimum Gasteiger partial charge on any atom is -0.478 e. The zero-order valence-corrected chi connectivity index (χ0v) is 11.7. The summed E-state index contributed by atoms with van der Waals surface area (Å²) in [7, 11) is 1.63. The Kier molecular flexibility index (Phi) is 5.08. The molecule has 1 heterocycles. The van der Waals surface area contributed by atoms with Gasteiger partial charge >= 0.3 is 5.97 Å². The molecular weight excluding hydrogens is 272 g/mol. The van der Waals surface area contributed by atoms with Crippen LogP contribution in [-0.2, 0) is 14.3 Å². The van der Waals surface area contributed by atoms with Crippen LogP contribution in [0.1, 0.15) is 12.0 Å². The molecule has 2 rings (SSSR count). The van der Waals surface area contributed by atoms with Gasteiger partial charge in [0.15, 0.2) is 0 Å². The average molecular weight is 290 g/mol. The number of carboxylic acid groups (broad SMARTS) is 1. The highest BCUT2D eigenvalue weighted by Crippen LogP contribution is 2.14. The first-order chi connectivity index (χ1) is 10.1. The number of carboxylic acids is 1. The summed E-state index contributed by atoms with van der Waals surface area (Å²) in [5, 5.41) is 14.5. The van der Waals surface area contributed by atoms with Crippen molar-refractivity contribution in [1.29, 1.82) is 0 Å². The Morgan fingerprint density at radius 2 is 2.10 bits per heavy atom. The number of aliphatic carboxylic acids is 1. The molecule has 0 saturated carbocycles. The third-order valence-corrected chi connectivity index (χ3v) is 3.34. The van der Waals surface area contributed by atoms with Crippen molar-refractivity contribution in [3.63, 3.8) is 0 Å². The first-order valence-corrected chi connectivity index (χ1v) is 6.66. The summed E-state index contributed by atoms with van der Waals surface area (Å²) >= 11 is 0. The molecule has 1 fully saturated rings. The summed E-state index contributed by atoms with van der Waals surface area (Å²) < 4.78 is 5.21. The van der Waals surface area contributed by atoms with Crippen LogP contribution in [0.4, 0.5) is 5.69 Å². The zero-order valence-electron chi connectivity index (χ0n) is 11.7. The van der Waals surface area contributed by atoms with Crippen LogP contribution in [0.25, 0.3) is 6.08 Å². The molecule has 3 N–H and O–H groups in total. The number of hydrogen-bond donors (Lipinski definition) is 3. The van der Waals surface area contributed by atoms with E-state index in [9.17, 15) is 9.59 Å². The molecule has 1 aromatic rings. The maximum Gasteiger partial charge on any atom is 0.328 e. The average Bonchev–Trinajstić information content (AvgIpc) is 2.95. The van der Waals surface area contributed by atoms with Gasteiger partial charge in [0.25, 0.3) is 0 Å². The quantitative estimate of drug-likeness (QED) is 0.707. The van der Waals surface area contributed by atoms with Crippen LogP contribution in [0.3, 0.4) is 0 Å². The molecule has 6 nitrogen and oxygen atoms in total. The maximum atomic E-state index is 12.1. The van der Waals surface area contributed by atoms with E-state index in [2.05, 4.69) is 10.6 Å². The first-order valence-electron chi connectivity index (χ1n) is 6.66. The van der Waals surface area contributed by atoms with E-state index in [1.807, 2.05) is 0 Å². The lowest BCUT2D eigenvalue weighted by atomic mass is 10.1. The molecule has 0 spiro atoms. The molecule has 1 aliphatic rings. The lowest BCUT2D eigenvalue weighted by Gasteiger charge is -2.11. The predicted molar refractivity (Wildman–Crippen MR) is 78.9 cm³/mol. The van der Waals surface area contributed by atoms with E-state index in [0.29, 0.717) is 18.7 Å². The number of benzene rings is 1. The van der Waals surface area contributed by atoms with Gasteiger partial charge in [0.1, 0.15) is 0 Å². The highest BCUT2D eigenvalue weighted by molar-refractivity contribution is 5.95. The van der Waals surface area contributed by atoms with Crippen LogP contribution in [-0.4, -0.2) is 42.8 Å². The standard InChI is InChI=1S/C15H18N2O4/c1-21-12-8-13(16-9-12)15(20)17-11-5-2-10(3-6-11)4-7-14(18)19/h2-7,12-13,16H,8-9H2,1H3,(H,17,20)(H,18,19)/b7-4+. The molecule has 112 valence electrons. The first kappa shape index (κ1) is 15.2. The Morgan fingerprint density at radius 3 is 2.67 bits per heavy atom. The zero-order chi connectivity index (χ0) is 15.2. The van der Waals surface area contributed by atoms with E-state index in [4.69, 9.17) is 9.84 Å². The van der Waals surface area contributed by atoms with Gasteiger partial charge in [-0.15, -0.1) is 0 Å². The molecule has 2 unspecified atom stereocenters. The van der Waals surface area contributed by atoms with E-state index < -0.39 is 5.97 Å². The van der Waals surface area contributed by atoms with Crippen molar-refractivity contribution >= 4 is 23.6 Å². The van der Waals surface area contributed by atoms with Crippen LogP contribution < -0.4 is 10.6 Å². The third-order valence-electron chi connectivity index (χ3n) is 3.34. The summed E-state index contributed by atoms with van der Waals surface area (Å²) in [6, 6.07) is 6.72. The number of ether oxygens (including phenoxy) is 1. The van der Waals surface area contributed by atoms with Gasteiger partial charge in [-0.1, -0.05) is 12.1 Å². The van der Waals surface area contributed by atoms with Gasteiger partial charge in [0.2, 0.25) is 5.91 Å². The second-order valence-electron chi connectivity index (χ2n) is 4.84. The van der Waals surface area contributed by atoms with Crippen molar-refractivity contribution in [2.24, 2.45) is 0 Å². The van der Waals surface area contributed by atoms with Crippen molar-refractivity contribution in [3.8, 4) is 0 Å². The summed E-state index contributed by atoms with van der Waals surface area (Å²) in [6.07, 6.45) is 3.29. The topological polar surface area (TPSA) is 87.7 Å². The second-order valence-corrected chi connectivity index (χ2v) is 4.84. The van der Waals surface area contributed by atoms with Gasteiger partial charge in [-0.25, -0.2) is 4.79 Å². The fourth-order valence-corrected chi connectivity index (χ4v) is 2.16. The highest BCUT2D eigenvalue weighted by Gasteiger charge is 2.29. The van der Waals surface area contributed by atoms with E-state index in [0.717, 1.165) is 11.6 Å². The molecule has 1 amide bonds. The van der Waals surface area contributed by atoms with Gasteiger partial charge in [-0.2, -0.15) is 0 Å². The van der Waals surface area contributed by atoms with Crippen molar-refractivity contribution < 1.29 is 19.4 Å². The highest BCUT2D eigenvalue weighted by atomic mass is 16.5. The van der Waals surface area contributed by atoms with Crippen LogP contribution in [0.15, 0.2) is 30.3 Å². The maximum absolute atomic E-state index is 12.1. The minimum absolute atomic E-state index is 0.0734. The van der Waals surface area contributed by atoms with Crippen molar-refractivity contribution in [2.75, 3.05) is 19.0 Å². The number of carbonyl (C=O) groups excluding carboxylic acids is 1. The molecule has 0 aromatic heterocycles. The Balaban J connectivity index is 1.91. The Labute approximate surface area is 122 Å². The number of methoxy groups -OCH3 is 1. The number of carbonyl (C=O) groups is 2. The van der Waals surface area contributed by atoms with Crippen molar-refractivity contribution in [3.05, 3.63) is 35.9 Å². The molecular formula is C15H18N2O4. The summed E-state index contributed by atoms with van der Waals surface area (Å²) in [6.45, 7) is 0.674. The van der Waals surface area contributed by atoms with Gasteiger partial charge in [0, 0.05) is 25.4 Å². The fourth-order valence-electron chi connectivity index (χ4n) is 2.16. The number of nitrogens with one attached hydrogen (secondary N) is 2. The largest absolute Gasteiger partial charge is 0.478 e. The normalized spacial score (nSPS) is 21.6. The van der Waals surface area contributed by atoms with Gasteiger partial charge < -0.3 is 20.5 Å². The number of anilines is 1. The van der Waals surface area contributed by atoms with E-state index in [1.165, 1.54) is 6.08 Å². The van der Waals surface area contributed by atoms with E-state index in [1.54, 1.807) is 31.4 Å². The van der Waals surface area contributed by atoms with Gasteiger partial charge in [-0.05, 0) is 30.2 Å². The monoisotopic (exact) mass is 290 g/mol. The van der Waals surface area contributed by atoms with Crippen molar-refractivity contribution in [2.45, 2.75) is 18.6 Å². The molecule has 0 aliphatic carbocycles. The third kappa shape index (κ3) is 4.40. The SMILES string of the molecule is COC1CNC(C(=O)Nc2ccc(/C=C/C(=O)O)cc2)C1. The van der Waals surface area contributed by atoms with Crippen molar-refractivity contribution in [1.82, 2.24) is 5.32 Å². The number of amides is 1. The predicted octanol–water partition coefficient (Wildman–Crippen LogP) is 1.10. The van der Waals surface area contributed by atoms with Gasteiger partial charge in [0.05, 0.1) is 12.1 Å². The minimum atomic E-state index is -0.993. The Morgan fingerprint density at radius 1 is 1.38 bits per heavy atom. The lowest BCUT2D eigenvalue weighted by Crippen LogP contribution is -2.35. The fraction of sp³-hybridized carbons (Fsp3) is 0.333. The molecule has 2 atom stereocenters. The molecule has 1 aliphatic heterocycles. The summed E-state index contributed by atoms with van der Waals surface area (Å²) in [4.78, 5) is 22.5. The molecule has 6 heteroatoms. The van der Waals surface area contributed by atoms with E-state index >= 15 is 0 Å². The molecule has 0 bridgehead atoms. The number of rotatable bonds is 5. The smallest absolute Gasteiger partial charge is 0.328 e.